The predicted octanol–water partition coefficient (Wildman–Crippen LogP) is 4.20. The van der Waals surface area contributed by atoms with E-state index in [4.69, 9.17) is 0 Å². The van der Waals surface area contributed by atoms with Gasteiger partial charge in [0.05, 0.1) is 22.9 Å². The second-order valence-corrected chi connectivity index (χ2v) is 13.1. The first-order chi connectivity index (χ1) is 14.4. The predicted molar refractivity (Wildman–Crippen MR) is 127 cm³/mol. The number of hydrogen-bond acceptors (Lipinski definition) is 6. The normalized spacial score (nSPS) is 14.4. The van der Waals surface area contributed by atoms with E-state index in [0.29, 0.717) is 34.3 Å². The summed E-state index contributed by atoms with van der Waals surface area (Å²) in [5.74, 6) is -1.20. The van der Waals surface area contributed by atoms with E-state index < -0.39 is 20.0 Å². The van der Waals surface area contributed by atoms with Crippen LogP contribution in [0.5, 0.6) is 0 Å². The van der Waals surface area contributed by atoms with Crippen molar-refractivity contribution in [3.8, 4) is 0 Å². The van der Waals surface area contributed by atoms with E-state index in [1.165, 1.54) is 6.07 Å². The SMILES string of the molecule is CCCCC(=O)c1cc2c(c(N(S(=O)(=O)CC(C)C)S(=O)(=O)CC(C)C)c1)NCCC2. The lowest BCUT2D eigenvalue weighted by atomic mass is 9.96. The molecule has 0 saturated carbocycles. The maximum atomic E-state index is 13.3. The van der Waals surface area contributed by atoms with E-state index in [-0.39, 0.29) is 34.8 Å². The minimum absolute atomic E-state index is 0.0540. The molecule has 1 N–H and O–H groups in total. The Morgan fingerprint density at radius 3 is 2.13 bits per heavy atom. The van der Waals surface area contributed by atoms with Crippen LogP contribution in [0.2, 0.25) is 0 Å². The average molecular weight is 473 g/mol. The van der Waals surface area contributed by atoms with Gasteiger partial charge in [-0.25, -0.2) is 16.8 Å². The summed E-state index contributed by atoms with van der Waals surface area (Å²) in [7, 11) is -8.35. The number of hydrogen-bond donors (Lipinski definition) is 1. The van der Waals surface area contributed by atoms with E-state index in [9.17, 15) is 21.6 Å². The van der Waals surface area contributed by atoms with Gasteiger partial charge in [-0.1, -0.05) is 41.0 Å². The van der Waals surface area contributed by atoms with Crippen molar-refractivity contribution >= 4 is 37.2 Å². The summed E-state index contributed by atoms with van der Waals surface area (Å²) in [5.41, 5.74) is 1.71. The molecule has 0 aromatic heterocycles. The van der Waals surface area contributed by atoms with Crippen LogP contribution in [-0.2, 0) is 26.5 Å². The zero-order valence-electron chi connectivity index (χ0n) is 19.3. The quantitative estimate of drug-likeness (QED) is 0.485. The molecule has 0 amide bonds. The number of nitrogens with zero attached hydrogens (tertiary/aromatic N) is 1. The van der Waals surface area contributed by atoms with Crippen LogP contribution in [-0.4, -0.2) is 40.7 Å². The number of nitrogens with one attached hydrogen (secondary N) is 1. The lowest BCUT2D eigenvalue weighted by molar-refractivity contribution is 0.0979. The van der Waals surface area contributed by atoms with Gasteiger partial charge in [0.15, 0.2) is 5.78 Å². The largest absolute Gasteiger partial charge is 0.383 e. The van der Waals surface area contributed by atoms with Gasteiger partial charge < -0.3 is 5.32 Å². The molecule has 1 aliphatic rings. The minimum Gasteiger partial charge on any atom is -0.383 e. The van der Waals surface area contributed by atoms with Crippen molar-refractivity contribution < 1.29 is 21.6 Å². The Morgan fingerprint density at radius 2 is 1.61 bits per heavy atom. The van der Waals surface area contributed by atoms with E-state index in [2.05, 4.69) is 5.32 Å². The van der Waals surface area contributed by atoms with Crippen molar-refractivity contribution in [3.05, 3.63) is 23.3 Å². The maximum absolute atomic E-state index is 13.3. The highest BCUT2D eigenvalue weighted by Gasteiger charge is 2.38. The standard InChI is InChI=1S/C22H36N2O5S2/c1-6-7-10-21(25)19-12-18-9-8-11-23-22(18)20(13-19)24(30(26,27)14-16(2)3)31(28,29)15-17(4)5/h12-13,16-17,23H,6-11,14-15H2,1-5H3. The molecule has 176 valence electrons. The van der Waals surface area contributed by atoms with Gasteiger partial charge in [0, 0.05) is 18.5 Å². The Labute approximate surface area is 187 Å². The number of carbonyl (C=O) groups excluding carboxylic acids is 1. The Morgan fingerprint density at radius 1 is 1.03 bits per heavy atom. The van der Waals surface area contributed by atoms with Gasteiger partial charge in [-0.05, 0) is 48.8 Å². The number of sulfonamides is 2. The Bertz CT molecular complexity index is 959. The molecule has 0 saturated heterocycles. The highest BCUT2D eigenvalue weighted by molar-refractivity contribution is 8.10. The number of aryl methyl sites for hydroxylation is 1. The molecule has 1 aliphatic heterocycles. The lowest BCUT2D eigenvalue weighted by Crippen LogP contribution is -2.42. The first-order valence-electron chi connectivity index (χ1n) is 11.1. The maximum Gasteiger partial charge on any atom is 0.248 e. The third kappa shape index (κ3) is 6.44. The van der Waals surface area contributed by atoms with Gasteiger partial charge in [-0.3, -0.25) is 4.79 Å². The third-order valence-corrected chi connectivity index (χ3v) is 9.94. The van der Waals surface area contributed by atoms with Crippen molar-refractivity contribution in [2.75, 3.05) is 27.1 Å². The van der Waals surface area contributed by atoms with Gasteiger partial charge in [0.2, 0.25) is 20.0 Å². The van der Waals surface area contributed by atoms with E-state index in [0.717, 1.165) is 24.8 Å². The lowest BCUT2D eigenvalue weighted by Gasteiger charge is -2.30. The fourth-order valence-corrected chi connectivity index (χ4v) is 8.41. The zero-order chi connectivity index (χ0) is 23.4. The number of benzene rings is 1. The van der Waals surface area contributed by atoms with Crippen LogP contribution in [0.4, 0.5) is 11.4 Å². The highest BCUT2D eigenvalue weighted by Crippen LogP contribution is 2.38. The monoisotopic (exact) mass is 472 g/mol. The number of Topliss-reactive ketones (excluding diaryl/α,β-unsaturated/α-hetero) is 1. The molecule has 9 heteroatoms. The average Bonchev–Trinajstić information content (AvgIpc) is 2.63. The van der Waals surface area contributed by atoms with Gasteiger partial charge >= 0.3 is 0 Å². The summed E-state index contributed by atoms with van der Waals surface area (Å²) in [5, 5.41) is 3.19. The van der Waals surface area contributed by atoms with Gasteiger partial charge in [0.25, 0.3) is 0 Å². The molecule has 0 spiro atoms. The van der Waals surface area contributed by atoms with Crippen LogP contribution < -0.4 is 9.03 Å². The van der Waals surface area contributed by atoms with Gasteiger partial charge in [0.1, 0.15) is 0 Å². The number of anilines is 2. The van der Waals surface area contributed by atoms with Crippen LogP contribution in [0.1, 0.15) is 76.2 Å². The Hall–Kier alpha value is -1.61. The molecular formula is C22H36N2O5S2. The van der Waals surface area contributed by atoms with E-state index in [1.807, 2.05) is 6.92 Å². The Balaban J connectivity index is 2.75. The molecule has 0 bridgehead atoms. The number of ketones is 1. The highest BCUT2D eigenvalue weighted by atomic mass is 32.3. The molecule has 0 atom stereocenters. The summed E-state index contributed by atoms with van der Waals surface area (Å²) in [4.78, 5) is 12.8. The summed E-state index contributed by atoms with van der Waals surface area (Å²) in [6, 6.07) is 3.23. The number of carbonyl (C=O) groups is 1. The molecule has 2 rings (SSSR count). The molecular weight excluding hydrogens is 436 g/mol. The molecule has 1 heterocycles. The summed E-state index contributed by atoms with van der Waals surface area (Å²) in [6.45, 7) is 9.57. The summed E-state index contributed by atoms with van der Waals surface area (Å²) in [6.07, 6.45) is 3.43. The van der Waals surface area contributed by atoms with Crippen LogP contribution in [0.25, 0.3) is 0 Å². The number of fused-ring (bicyclic) bond motifs is 1. The van der Waals surface area contributed by atoms with Crippen molar-refractivity contribution in [3.63, 3.8) is 0 Å². The minimum atomic E-state index is -4.18. The van der Waals surface area contributed by atoms with Crippen molar-refractivity contribution in [2.24, 2.45) is 11.8 Å². The number of rotatable bonds is 11. The molecule has 31 heavy (non-hydrogen) atoms. The fraction of sp³-hybridized carbons (Fsp3) is 0.682. The van der Waals surface area contributed by atoms with Gasteiger partial charge in [-0.2, -0.15) is 3.71 Å². The number of unbranched alkanes of at least 4 members (excludes halogenated alkanes) is 1. The molecule has 1 aromatic carbocycles. The third-order valence-electron chi connectivity index (χ3n) is 4.99. The Kier molecular flexibility index (Phi) is 8.55. The molecule has 0 unspecified atom stereocenters. The van der Waals surface area contributed by atoms with Crippen molar-refractivity contribution in [1.82, 2.24) is 0 Å². The fourth-order valence-electron chi connectivity index (χ4n) is 3.82. The molecule has 1 aromatic rings. The smallest absolute Gasteiger partial charge is 0.248 e. The molecule has 7 nitrogen and oxygen atoms in total. The molecule has 0 aliphatic carbocycles. The van der Waals surface area contributed by atoms with Crippen LogP contribution in [0.3, 0.4) is 0 Å². The summed E-state index contributed by atoms with van der Waals surface area (Å²) < 4.78 is 54.0. The van der Waals surface area contributed by atoms with Gasteiger partial charge in [-0.15, -0.1) is 0 Å². The first kappa shape index (κ1) is 25.6. The second kappa shape index (κ2) is 10.3. The van der Waals surface area contributed by atoms with Crippen molar-refractivity contribution in [1.29, 1.82) is 0 Å². The molecule has 0 fully saturated rings. The van der Waals surface area contributed by atoms with Crippen molar-refractivity contribution in [2.45, 2.75) is 66.7 Å². The first-order valence-corrected chi connectivity index (χ1v) is 14.3. The molecule has 0 radical (unpaired) electrons. The van der Waals surface area contributed by atoms with Crippen LogP contribution in [0.15, 0.2) is 12.1 Å². The van der Waals surface area contributed by atoms with Crippen LogP contribution >= 0.6 is 0 Å². The zero-order valence-corrected chi connectivity index (χ0v) is 20.9. The van der Waals surface area contributed by atoms with Crippen LogP contribution in [0, 0.1) is 11.8 Å². The topological polar surface area (TPSA) is 101 Å². The van der Waals surface area contributed by atoms with E-state index >= 15 is 0 Å². The second-order valence-electron chi connectivity index (χ2n) is 9.13. The van der Waals surface area contributed by atoms with E-state index in [1.54, 1.807) is 33.8 Å². The summed E-state index contributed by atoms with van der Waals surface area (Å²) >= 11 is 0.